The Bertz CT molecular complexity index is 1070. The summed E-state index contributed by atoms with van der Waals surface area (Å²) in [5, 5.41) is 3.39. The number of aliphatic imine (C=N–C) groups is 1. The molecule has 3 rings (SSSR count). The number of amides is 1. The molecule has 0 atom stereocenters. The van der Waals surface area contributed by atoms with E-state index in [1.807, 2.05) is 56.3 Å². The molecule has 0 aliphatic rings. The van der Waals surface area contributed by atoms with Crippen LogP contribution in [-0.4, -0.2) is 18.7 Å². The highest BCUT2D eigenvalue weighted by Crippen LogP contribution is 2.24. The molecule has 0 spiro atoms. The molecule has 0 saturated heterocycles. The fourth-order valence-electron chi connectivity index (χ4n) is 2.61. The van der Waals surface area contributed by atoms with E-state index in [1.54, 1.807) is 24.4 Å². The first-order chi connectivity index (χ1) is 13.9. The van der Waals surface area contributed by atoms with Crippen molar-refractivity contribution in [1.82, 2.24) is 0 Å². The lowest BCUT2D eigenvalue weighted by Crippen LogP contribution is -2.20. The van der Waals surface area contributed by atoms with E-state index in [-0.39, 0.29) is 12.5 Å². The van der Waals surface area contributed by atoms with Gasteiger partial charge in [-0.25, -0.2) is 0 Å². The second-order valence-corrected chi connectivity index (χ2v) is 7.85. The molecule has 0 radical (unpaired) electrons. The van der Waals surface area contributed by atoms with Gasteiger partial charge in [-0.15, -0.1) is 0 Å². The lowest BCUT2D eigenvalue weighted by Gasteiger charge is -2.11. The number of nitrogens with one attached hydrogen (secondary N) is 1. The second kappa shape index (κ2) is 9.72. The van der Waals surface area contributed by atoms with Crippen molar-refractivity contribution in [2.75, 3.05) is 11.9 Å². The Balaban J connectivity index is 1.70. The third kappa shape index (κ3) is 5.92. The van der Waals surface area contributed by atoms with Crippen molar-refractivity contribution in [2.24, 2.45) is 4.99 Å². The van der Waals surface area contributed by atoms with E-state index >= 15 is 0 Å². The van der Waals surface area contributed by atoms with Crippen LogP contribution in [0, 0.1) is 13.8 Å². The number of halogens is 2. The van der Waals surface area contributed by atoms with Crippen LogP contribution in [0.2, 0.25) is 5.02 Å². The number of benzene rings is 3. The van der Waals surface area contributed by atoms with Crippen molar-refractivity contribution < 1.29 is 9.53 Å². The minimum absolute atomic E-state index is 0.127. The average Bonchev–Trinajstić information content (AvgIpc) is 2.69. The Morgan fingerprint density at radius 3 is 2.66 bits per heavy atom. The SMILES string of the molecule is Cc1ccc(NC(=O)COc2ccc(Br)cc2C=Nc2ccccc2C)cc1Cl. The molecule has 0 aliphatic heterocycles. The van der Waals surface area contributed by atoms with Gasteiger partial charge in [-0.3, -0.25) is 9.79 Å². The van der Waals surface area contributed by atoms with Gasteiger partial charge in [0.05, 0.1) is 5.69 Å². The summed E-state index contributed by atoms with van der Waals surface area (Å²) in [5.74, 6) is 0.303. The fraction of sp³-hybridized carbons (Fsp3) is 0.130. The lowest BCUT2D eigenvalue weighted by molar-refractivity contribution is -0.118. The fourth-order valence-corrected chi connectivity index (χ4v) is 3.17. The largest absolute Gasteiger partial charge is 0.483 e. The van der Waals surface area contributed by atoms with Crippen LogP contribution in [0.25, 0.3) is 0 Å². The van der Waals surface area contributed by atoms with Gasteiger partial charge in [0, 0.05) is 27.0 Å². The third-order valence-corrected chi connectivity index (χ3v) is 5.14. The summed E-state index contributed by atoms with van der Waals surface area (Å²) in [6, 6.07) is 18.8. The van der Waals surface area contributed by atoms with Crippen molar-refractivity contribution in [3.05, 3.63) is 86.8 Å². The Morgan fingerprint density at radius 2 is 1.90 bits per heavy atom. The van der Waals surface area contributed by atoms with Gasteiger partial charge in [0.2, 0.25) is 0 Å². The Morgan fingerprint density at radius 1 is 1.10 bits per heavy atom. The van der Waals surface area contributed by atoms with Crippen LogP contribution < -0.4 is 10.1 Å². The molecule has 0 aliphatic carbocycles. The quantitative estimate of drug-likeness (QED) is 0.418. The molecule has 4 nitrogen and oxygen atoms in total. The number of carbonyl (C=O) groups is 1. The van der Waals surface area contributed by atoms with E-state index < -0.39 is 0 Å². The maximum Gasteiger partial charge on any atom is 0.262 e. The number of hydrogen-bond donors (Lipinski definition) is 1. The van der Waals surface area contributed by atoms with E-state index in [0.717, 1.165) is 26.9 Å². The summed E-state index contributed by atoms with van der Waals surface area (Å²) < 4.78 is 6.64. The minimum Gasteiger partial charge on any atom is -0.483 e. The van der Waals surface area contributed by atoms with Crippen LogP contribution in [0.4, 0.5) is 11.4 Å². The minimum atomic E-state index is -0.269. The smallest absolute Gasteiger partial charge is 0.262 e. The summed E-state index contributed by atoms with van der Waals surface area (Å²) in [5.41, 5.74) is 4.32. The number of anilines is 1. The number of aryl methyl sites for hydroxylation is 2. The molecule has 6 heteroatoms. The summed E-state index contributed by atoms with van der Waals surface area (Å²) in [4.78, 5) is 16.8. The van der Waals surface area contributed by atoms with Crippen LogP contribution >= 0.6 is 27.5 Å². The van der Waals surface area contributed by atoms with Crippen LogP contribution in [0.1, 0.15) is 16.7 Å². The zero-order valence-electron chi connectivity index (χ0n) is 16.1. The normalized spacial score (nSPS) is 10.9. The van der Waals surface area contributed by atoms with Crippen LogP contribution in [0.15, 0.2) is 70.1 Å². The molecule has 0 unspecified atom stereocenters. The molecular weight excluding hydrogens is 452 g/mol. The lowest BCUT2D eigenvalue weighted by atomic mass is 10.2. The molecule has 0 saturated carbocycles. The topological polar surface area (TPSA) is 50.7 Å². The molecule has 148 valence electrons. The van der Waals surface area contributed by atoms with E-state index in [4.69, 9.17) is 16.3 Å². The standard InChI is InChI=1S/C23H20BrClN2O2/c1-15-7-9-19(12-20(15)25)27-23(28)14-29-22-10-8-18(24)11-17(22)13-26-21-6-4-3-5-16(21)2/h3-13H,14H2,1-2H3,(H,27,28). The van der Waals surface area contributed by atoms with E-state index in [2.05, 4.69) is 26.2 Å². The molecule has 3 aromatic rings. The van der Waals surface area contributed by atoms with Crippen LogP contribution in [0.5, 0.6) is 5.75 Å². The zero-order valence-corrected chi connectivity index (χ0v) is 18.4. The van der Waals surface area contributed by atoms with Crippen LogP contribution in [-0.2, 0) is 4.79 Å². The number of rotatable bonds is 6. The van der Waals surface area contributed by atoms with Gasteiger partial charge < -0.3 is 10.1 Å². The van der Waals surface area contributed by atoms with Crippen molar-refractivity contribution in [2.45, 2.75) is 13.8 Å². The second-order valence-electron chi connectivity index (χ2n) is 6.53. The highest BCUT2D eigenvalue weighted by atomic mass is 79.9. The predicted molar refractivity (Wildman–Crippen MR) is 123 cm³/mol. The van der Waals surface area contributed by atoms with Gasteiger partial charge in [-0.2, -0.15) is 0 Å². The van der Waals surface area contributed by atoms with Crippen molar-refractivity contribution in [3.8, 4) is 5.75 Å². The summed E-state index contributed by atoms with van der Waals surface area (Å²) in [7, 11) is 0. The highest BCUT2D eigenvalue weighted by molar-refractivity contribution is 9.10. The summed E-state index contributed by atoms with van der Waals surface area (Å²) >= 11 is 9.57. The first-order valence-electron chi connectivity index (χ1n) is 9.00. The van der Waals surface area contributed by atoms with E-state index in [1.165, 1.54) is 0 Å². The number of carbonyl (C=O) groups excluding carboxylic acids is 1. The number of ether oxygens (including phenoxy) is 1. The molecule has 0 fully saturated rings. The van der Waals surface area contributed by atoms with Crippen molar-refractivity contribution in [1.29, 1.82) is 0 Å². The maximum atomic E-state index is 12.3. The molecule has 29 heavy (non-hydrogen) atoms. The monoisotopic (exact) mass is 470 g/mol. The molecule has 1 N–H and O–H groups in total. The molecule has 3 aromatic carbocycles. The van der Waals surface area contributed by atoms with Gasteiger partial charge in [0.15, 0.2) is 6.61 Å². The average molecular weight is 472 g/mol. The molecular formula is C23H20BrClN2O2. The number of nitrogens with zero attached hydrogens (tertiary/aromatic N) is 1. The van der Waals surface area contributed by atoms with Gasteiger partial charge in [0.25, 0.3) is 5.91 Å². The molecule has 0 aromatic heterocycles. The Kier molecular flexibility index (Phi) is 7.07. The van der Waals surface area contributed by atoms with Gasteiger partial charge in [-0.05, 0) is 61.4 Å². The van der Waals surface area contributed by atoms with Gasteiger partial charge >= 0.3 is 0 Å². The van der Waals surface area contributed by atoms with E-state index in [9.17, 15) is 4.79 Å². The van der Waals surface area contributed by atoms with Gasteiger partial charge in [-0.1, -0.05) is 51.8 Å². The van der Waals surface area contributed by atoms with Crippen molar-refractivity contribution >= 4 is 51.0 Å². The first-order valence-corrected chi connectivity index (χ1v) is 10.2. The third-order valence-electron chi connectivity index (χ3n) is 4.24. The van der Waals surface area contributed by atoms with Crippen LogP contribution in [0.3, 0.4) is 0 Å². The van der Waals surface area contributed by atoms with Crippen molar-refractivity contribution in [3.63, 3.8) is 0 Å². The molecule has 0 heterocycles. The number of hydrogen-bond acceptors (Lipinski definition) is 3. The Labute approximate surface area is 183 Å². The first kappa shape index (κ1) is 21.1. The Hall–Kier alpha value is -2.63. The zero-order chi connectivity index (χ0) is 20.8. The maximum absolute atomic E-state index is 12.3. The predicted octanol–water partition coefficient (Wildman–Crippen LogP) is 6.49. The summed E-state index contributed by atoms with van der Waals surface area (Å²) in [6.45, 7) is 3.79. The summed E-state index contributed by atoms with van der Waals surface area (Å²) in [6.07, 6.45) is 1.74. The van der Waals surface area contributed by atoms with E-state index in [0.29, 0.717) is 16.5 Å². The number of para-hydroxylation sites is 1. The molecule has 0 bridgehead atoms. The molecule has 1 amide bonds. The highest BCUT2D eigenvalue weighted by Gasteiger charge is 2.08. The van der Waals surface area contributed by atoms with Gasteiger partial charge in [0.1, 0.15) is 5.75 Å².